The first-order chi connectivity index (χ1) is 8.08. The van der Waals surface area contributed by atoms with Crippen LogP contribution in [0.25, 0.3) is 0 Å². The number of nitrogens with zero attached hydrogens (tertiary/aromatic N) is 1. The van der Waals surface area contributed by atoms with Crippen molar-refractivity contribution in [2.45, 2.75) is 0 Å². The average molecular weight is 234 g/mol. The molecule has 2 N–H and O–H groups in total. The van der Waals surface area contributed by atoms with E-state index in [4.69, 9.17) is 5.73 Å². The predicted molar refractivity (Wildman–Crippen MR) is 65.3 cm³/mol. The summed E-state index contributed by atoms with van der Waals surface area (Å²) in [5.41, 5.74) is 7.54. The molecule has 0 aliphatic carbocycles. The molecule has 0 saturated heterocycles. The highest BCUT2D eigenvalue weighted by Gasteiger charge is 2.08. The summed E-state index contributed by atoms with van der Waals surface area (Å²) in [6.07, 6.45) is 0. The van der Waals surface area contributed by atoms with Gasteiger partial charge in [-0.1, -0.05) is 0 Å². The molecule has 0 unspecified atom stereocenters. The van der Waals surface area contributed by atoms with Crippen LogP contribution in [0.5, 0.6) is 0 Å². The summed E-state index contributed by atoms with van der Waals surface area (Å²) in [5, 5.41) is 0. The SMILES string of the molecule is CN(c1ccc(F)cc1)c1ccc(F)cc1N. The minimum absolute atomic E-state index is 0.297. The number of nitrogen functional groups attached to an aromatic ring is 1. The smallest absolute Gasteiger partial charge is 0.125 e. The first-order valence-electron chi connectivity index (χ1n) is 5.12. The molecule has 0 fully saturated rings. The van der Waals surface area contributed by atoms with Crippen molar-refractivity contribution in [3.8, 4) is 0 Å². The molecule has 0 heterocycles. The van der Waals surface area contributed by atoms with Gasteiger partial charge >= 0.3 is 0 Å². The molecule has 2 aromatic rings. The van der Waals surface area contributed by atoms with Crippen molar-refractivity contribution in [1.29, 1.82) is 0 Å². The molecular formula is C13H12F2N2. The van der Waals surface area contributed by atoms with Crippen LogP contribution in [0.2, 0.25) is 0 Å². The zero-order chi connectivity index (χ0) is 12.4. The van der Waals surface area contributed by atoms with Crippen LogP contribution in [-0.2, 0) is 0 Å². The van der Waals surface area contributed by atoms with Gasteiger partial charge in [0, 0.05) is 12.7 Å². The molecule has 0 atom stereocenters. The number of benzene rings is 2. The van der Waals surface area contributed by atoms with E-state index in [9.17, 15) is 8.78 Å². The molecule has 0 aromatic heterocycles. The molecule has 2 rings (SSSR count). The van der Waals surface area contributed by atoms with E-state index in [-0.39, 0.29) is 11.6 Å². The summed E-state index contributed by atoms with van der Waals surface area (Å²) in [6, 6.07) is 10.2. The van der Waals surface area contributed by atoms with Crippen molar-refractivity contribution in [2.75, 3.05) is 17.7 Å². The van der Waals surface area contributed by atoms with Gasteiger partial charge in [-0.05, 0) is 42.5 Å². The Morgan fingerprint density at radius 1 is 0.941 bits per heavy atom. The quantitative estimate of drug-likeness (QED) is 0.808. The third-order valence-electron chi connectivity index (χ3n) is 2.56. The van der Waals surface area contributed by atoms with Crippen molar-refractivity contribution >= 4 is 17.1 Å². The summed E-state index contributed by atoms with van der Waals surface area (Å²) < 4.78 is 25.7. The van der Waals surface area contributed by atoms with Gasteiger partial charge in [-0.25, -0.2) is 8.78 Å². The fourth-order valence-electron chi connectivity index (χ4n) is 1.63. The van der Waals surface area contributed by atoms with Gasteiger partial charge in [0.05, 0.1) is 11.4 Å². The Labute approximate surface area is 98.3 Å². The maximum Gasteiger partial charge on any atom is 0.125 e. The number of halogens is 2. The van der Waals surface area contributed by atoms with Gasteiger partial charge in [-0.3, -0.25) is 0 Å². The summed E-state index contributed by atoms with van der Waals surface area (Å²) in [6.45, 7) is 0. The maximum atomic E-state index is 12.9. The van der Waals surface area contributed by atoms with Gasteiger partial charge in [0.2, 0.25) is 0 Å². The van der Waals surface area contributed by atoms with Crippen LogP contribution in [0.1, 0.15) is 0 Å². The van der Waals surface area contributed by atoms with Crippen LogP contribution in [0.4, 0.5) is 25.8 Å². The molecule has 2 nitrogen and oxygen atoms in total. The molecule has 0 radical (unpaired) electrons. The lowest BCUT2D eigenvalue weighted by atomic mass is 10.2. The maximum absolute atomic E-state index is 12.9. The van der Waals surface area contributed by atoms with Crippen molar-refractivity contribution in [1.82, 2.24) is 0 Å². The van der Waals surface area contributed by atoms with Crippen molar-refractivity contribution in [2.24, 2.45) is 0 Å². The molecule has 2 aromatic carbocycles. The van der Waals surface area contributed by atoms with Gasteiger partial charge in [0.15, 0.2) is 0 Å². The minimum atomic E-state index is -0.376. The zero-order valence-electron chi connectivity index (χ0n) is 9.32. The van der Waals surface area contributed by atoms with Gasteiger partial charge in [-0.15, -0.1) is 0 Å². The Morgan fingerprint density at radius 3 is 2.12 bits per heavy atom. The summed E-state index contributed by atoms with van der Waals surface area (Å²) in [4.78, 5) is 1.77. The lowest BCUT2D eigenvalue weighted by Gasteiger charge is -2.21. The van der Waals surface area contributed by atoms with Crippen LogP contribution in [-0.4, -0.2) is 7.05 Å². The fraction of sp³-hybridized carbons (Fsp3) is 0.0769. The van der Waals surface area contributed by atoms with Crippen molar-refractivity contribution in [3.05, 3.63) is 54.1 Å². The Bertz CT molecular complexity index is 523. The molecule has 88 valence electrons. The number of anilines is 3. The van der Waals surface area contributed by atoms with Gasteiger partial charge in [0.25, 0.3) is 0 Å². The summed E-state index contributed by atoms with van der Waals surface area (Å²) >= 11 is 0. The van der Waals surface area contributed by atoms with E-state index in [1.807, 2.05) is 0 Å². The molecule has 0 aliphatic rings. The standard InChI is InChI=1S/C13H12F2N2/c1-17(11-5-2-9(14)3-6-11)13-7-4-10(15)8-12(13)16/h2-8H,16H2,1H3. The van der Waals surface area contributed by atoms with Crippen molar-refractivity contribution < 1.29 is 8.78 Å². The fourth-order valence-corrected chi connectivity index (χ4v) is 1.63. The largest absolute Gasteiger partial charge is 0.397 e. The number of nitrogens with two attached hydrogens (primary N) is 1. The third-order valence-corrected chi connectivity index (χ3v) is 2.56. The monoisotopic (exact) mass is 234 g/mol. The minimum Gasteiger partial charge on any atom is -0.397 e. The summed E-state index contributed by atoms with van der Waals surface area (Å²) in [7, 11) is 1.79. The topological polar surface area (TPSA) is 29.3 Å². The molecule has 0 bridgehead atoms. The van der Waals surface area contributed by atoms with Crippen LogP contribution in [0.15, 0.2) is 42.5 Å². The van der Waals surface area contributed by atoms with Crippen LogP contribution in [0.3, 0.4) is 0 Å². The van der Waals surface area contributed by atoms with E-state index >= 15 is 0 Å². The first-order valence-corrected chi connectivity index (χ1v) is 5.12. The van der Waals surface area contributed by atoms with Crippen molar-refractivity contribution in [3.63, 3.8) is 0 Å². The molecular weight excluding hydrogens is 222 g/mol. The molecule has 0 amide bonds. The van der Waals surface area contributed by atoms with E-state index in [0.29, 0.717) is 11.4 Å². The molecule has 0 aliphatic heterocycles. The van der Waals surface area contributed by atoms with E-state index < -0.39 is 0 Å². The Hall–Kier alpha value is -2.10. The van der Waals surface area contributed by atoms with Gasteiger partial charge < -0.3 is 10.6 Å². The second-order valence-corrected chi connectivity index (χ2v) is 3.74. The first kappa shape index (κ1) is 11.4. The van der Waals surface area contributed by atoms with E-state index in [2.05, 4.69) is 0 Å². The second-order valence-electron chi connectivity index (χ2n) is 3.74. The Morgan fingerprint density at radius 2 is 1.53 bits per heavy atom. The average Bonchev–Trinajstić information content (AvgIpc) is 2.29. The number of hydrogen-bond donors (Lipinski definition) is 1. The van der Waals surface area contributed by atoms with E-state index in [0.717, 1.165) is 5.69 Å². The molecule has 17 heavy (non-hydrogen) atoms. The molecule has 0 spiro atoms. The molecule has 0 saturated carbocycles. The highest BCUT2D eigenvalue weighted by Crippen LogP contribution is 2.29. The number of rotatable bonds is 2. The third kappa shape index (κ3) is 2.36. The van der Waals surface area contributed by atoms with Gasteiger partial charge in [-0.2, -0.15) is 0 Å². The Balaban J connectivity index is 2.36. The normalized spacial score (nSPS) is 10.3. The molecule has 4 heteroatoms. The zero-order valence-corrected chi connectivity index (χ0v) is 9.32. The van der Waals surface area contributed by atoms with E-state index in [1.54, 1.807) is 30.1 Å². The van der Waals surface area contributed by atoms with E-state index in [1.165, 1.54) is 24.3 Å². The lowest BCUT2D eigenvalue weighted by molar-refractivity contribution is 0.628. The number of hydrogen-bond acceptors (Lipinski definition) is 2. The van der Waals surface area contributed by atoms with Crippen LogP contribution >= 0.6 is 0 Å². The highest BCUT2D eigenvalue weighted by atomic mass is 19.1. The highest BCUT2D eigenvalue weighted by molar-refractivity contribution is 5.74. The Kier molecular flexibility index (Phi) is 2.95. The lowest BCUT2D eigenvalue weighted by Crippen LogP contribution is -2.11. The second kappa shape index (κ2) is 4.41. The van der Waals surface area contributed by atoms with Gasteiger partial charge in [0.1, 0.15) is 11.6 Å². The summed E-state index contributed by atoms with van der Waals surface area (Å²) in [5.74, 6) is -0.673. The van der Waals surface area contributed by atoms with Crippen LogP contribution < -0.4 is 10.6 Å². The predicted octanol–water partition coefficient (Wildman–Crippen LogP) is 3.31. The van der Waals surface area contributed by atoms with Crippen LogP contribution in [0, 0.1) is 11.6 Å².